The number of carbonyl (C=O) groups is 2. The van der Waals surface area contributed by atoms with E-state index in [1.54, 1.807) is 22.6 Å². The van der Waals surface area contributed by atoms with Crippen molar-refractivity contribution in [2.75, 3.05) is 25.0 Å². The highest BCUT2D eigenvalue weighted by Crippen LogP contribution is 2.40. The Balaban J connectivity index is 1.51. The lowest BCUT2D eigenvalue weighted by molar-refractivity contribution is -0.134. The van der Waals surface area contributed by atoms with E-state index in [-0.39, 0.29) is 11.7 Å². The van der Waals surface area contributed by atoms with E-state index in [0.717, 1.165) is 27.2 Å². The third-order valence-corrected chi connectivity index (χ3v) is 6.05. The van der Waals surface area contributed by atoms with Gasteiger partial charge in [-0.05, 0) is 12.5 Å². The lowest BCUT2D eigenvalue weighted by Gasteiger charge is -2.26. The van der Waals surface area contributed by atoms with Crippen LogP contribution in [0, 0.1) is 6.92 Å². The zero-order chi connectivity index (χ0) is 19.5. The van der Waals surface area contributed by atoms with Gasteiger partial charge in [0.1, 0.15) is 22.8 Å². The Kier molecular flexibility index (Phi) is 5.34. The fourth-order valence-electron chi connectivity index (χ4n) is 3.58. The molecule has 1 aliphatic rings. The molecule has 0 saturated carbocycles. The van der Waals surface area contributed by atoms with Crippen LogP contribution in [0.1, 0.15) is 24.1 Å². The summed E-state index contributed by atoms with van der Waals surface area (Å²) in [6, 6.07) is 10.2. The van der Waals surface area contributed by atoms with Crippen LogP contribution >= 0.6 is 11.3 Å². The molecule has 7 heteroatoms. The smallest absolute Gasteiger partial charge is 0.224 e. The molecule has 4 rings (SSSR count). The van der Waals surface area contributed by atoms with Gasteiger partial charge in [-0.3, -0.25) is 9.59 Å². The number of ketones is 1. The van der Waals surface area contributed by atoms with E-state index in [9.17, 15) is 9.59 Å². The van der Waals surface area contributed by atoms with Crippen LogP contribution in [0.2, 0.25) is 0 Å². The molecule has 0 spiro atoms. The maximum atomic E-state index is 12.4. The van der Waals surface area contributed by atoms with Gasteiger partial charge in [-0.1, -0.05) is 30.3 Å². The molecule has 1 aliphatic heterocycles. The lowest BCUT2D eigenvalue weighted by Crippen LogP contribution is -2.39. The van der Waals surface area contributed by atoms with Crippen molar-refractivity contribution >= 4 is 39.1 Å². The van der Waals surface area contributed by atoms with Gasteiger partial charge in [-0.2, -0.15) is 0 Å². The standard InChI is InChI=1S/C21H22N4O2S/c1-14-18(15-5-3-2-4-6-15)19-20(23-13-24-21(19)28-14)22-10-7-17(27)25-11-8-16(26)9-12-25/h2-6,13H,7-12H2,1H3,(H,22,23,24). The number of likely N-dealkylation sites (tertiary alicyclic amines) is 1. The zero-order valence-electron chi connectivity index (χ0n) is 15.8. The van der Waals surface area contributed by atoms with Gasteiger partial charge in [-0.15, -0.1) is 11.3 Å². The summed E-state index contributed by atoms with van der Waals surface area (Å²) in [5.74, 6) is 1.08. The highest BCUT2D eigenvalue weighted by Gasteiger charge is 2.21. The number of piperidine rings is 1. The van der Waals surface area contributed by atoms with E-state index in [0.29, 0.717) is 38.9 Å². The minimum absolute atomic E-state index is 0.0788. The summed E-state index contributed by atoms with van der Waals surface area (Å²) in [5.41, 5.74) is 2.28. The number of aromatic nitrogens is 2. The molecule has 2 aromatic heterocycles. The summed E-state index contributed by atoms with van der Waals surface area (Å²) in [7, 11) is 0. The number of benzene rings is 1. The maximum absolute atomic E-state index is 12.4. The van der Waals surface area contributed by atoms with Crippen LogP contribution in [0.15, 0.2) is 36.7 Å². The van der Waals surface area contributed by atoms with Crippen molar-refractivity contribution in [3.63, 3.8) is 0 Å². The number of aryl methyl sites for hydroxylation is 1. The first kappa shape index (κ1) is 18.6. The van der Waals surface area contributed by atoms with Gasteiger partial charge in [0.2, 0.25) is 5.91 Å². The Morgan fingerprint density at radius 1 is 1.18 bits per heavy atom. The van der Waals surface area contributed by atoms with Crippen LogP contribution in [-0.4, -0.2) is 46.2 Å². The molecule has 1 aromatic carbocycles. The first-order valence-electron chi connectivity index (χ1n) is 9.46. The summed E-state index contributed by atoms with van der Waals surface area (Å²) in [4.78, 5) is 36.5. The van der Waals surface area contributed by atoms with Gasteiger partial charge in [-0.25, -0.2) is 9.97 Å². The van der Waals surface area contributed by atoms with Crippen molar-refractivity contribution in [1.29, 1.82) is 0 Å². The van der Waals surface area contributed by atoms with Crippen LogP contribution in [-0.2, 0) is 9.59 Å². The maximum Gasteiger partial charge on any atom is 0.224 e. The van der Waals surface area contributed by atoms with E-state index >= 15 is 0 Å². The molecular weight excluding hydrogens is 372 g/mol. The molecule has 0 bridgehead atoms. The van der Waals surface area contributed by atoms with E-state index in [1.807, 2.05) is 18.2 Å². The number of amides is 1. The van der Waals surface area contributed by atoms with Gasteiger partial charge in [0.05, 0.1) is 5.39 Å². The molecule has 1 amide bonds. The molecule has 3 heterocycles. The normalized spacial score (nSPS) is 14.5. The number of nitrogens with zero attached hydrogens (tertiary/aromatic N) is 3. The molecule has 0 radical (unpaired) electrons. The first-order chi connectivity index (χ1) is 13.6. The molecule has 0 unspecified atom stereocenters. The van der Waals surface area contributed by atoms with Crippen LogP contribution in [0.25, 0.3) is 21.3 Å². The molecule has 1 fully saturated rings. The topological polar surface area (TPSA) is 75.2 Å². The van der Waals surface area contributed by atoms with Crippen molar-refractivity contribution in [2.24, 2.45) is 0 Å². The van der Waals surface area contributed by atoms with Crippen molar-refractivity contribution in [3.05, 3.63) is 41.5 Å². The Hall–Kier alpha value is -2.80. The van der Waals surface area contributed by atoms with Crippen molar-refractivity contribution in [2.45, 2.75) is 26.2 Å². The number of nitrogens with one attached hydrogen (secondary N) is 1. The van der Waals surface area contributed by atoms with Crippen molar-refractivity contribution in [3.8, 4) is 11.1 Å². The average molecular weight is 395 g/mol. The number of fused-ring (bicyclic) bond motifs is 1. The largest absolute Gasteiger partial charge is 0.369 e. The fourth-order valence-corrected chi connectivity index (χ4v) is 4.59. The summed E-state index contributed by atoms with van der Waals surface area (Å²) in [6.07, 6.45) is 2.89. The van der Waals surface area contributed by atoms with E-state index in [2.05, 4.69) is 34.3 Å². The molecule has 28 heavy (non-hydrogen) atoms. The fraction of sp³-hybridized carbons (Fsp3) is 0.333. The Bertz CT molecular complexity index is 1010. The van der Waals surface area contributed by atoms with Crippen LogP contribution in [0.3, 0.4) is 0 Å². The van der Waals surface area contributed by atoms with Crippen LogP contribution in [0.5, 0.6) is 0 Å². The highest BCUT2D eigenvalue weighted by molar-refractivity contribution is 7.19. The molecule has 1 N–H and O–H groups in total. The highest BCUT2D eigenvalue weighted by atomic mass is 32.1. The van der Waals surface area contributed by atoms with Crippen molar-refractivity contribution in [1.82, 2.24) is 14.9 Å². The van der Waals surface area contributed by atoms with Gasteiger partial charge < -0.3 is 10.2 Å². The number of hydrogen-bond donors (Lipinski definition) is 1. The summed E-state index contributed by atoms with van der Waals surface area (Å²) in [5, 5.41) is 4.34. The molecule has 6 nitrogen and oxygen atoms in total. The second-order valence-corrected chi connectivity index (χ2v) is 8.10. The summed E-state index contributed by atoms with van der Waals surface area (Å²) < 4.78 is 0. The molecule has 0 atom stereocenters. The number of hydrogen-bond acceptors (Lipinski definition) is 6. The SMILES string of the molecule is Cc1sc2ncnc(NCCC(=O)N3CCC(=O)CC3)c2c1-c1ccccc1. The minimum atomic E-state index is 0.0788. The quantitative estimate of drug-likeness (QED) is 0.715. The number of thiophene rings is 1. The second-order valence-electron chi connectivity index (χ2n) is 6.90. The van der Waals surface area contributed by atoms with Gasteiger partial charge in [0.25, 0.3) is 0 Å². The molecular formula is C21H22N4O2S. The second kappa shape index (κ2) is 8.06. The number of rotatable bonds is 5. The van der Waals surface area contributed by atoms with Crippen LogP contribution < -0.4 is 5.32 Å². The molecule has 0 aliphatic carbocycles. The predicted molar refractivity (Wildman–Crippen MR) is 112 cm³/mol. The Morgan fingerprint density at radius 2 is 1.93 bits per heavy atom. The van der Waals surface area contributed by atoms with E-state index in [4.69, 9.17) is 0 Å². The van der Waals surface area contributed by atoms with Crippen molar-refractivity contribution < 1.29 is 9.59 Å². The third-order valence-electron chi connectivity index (χ3n) is 5.03. The molecule has 3 aromatic rings. The number of Topliss-reactive ketones (excluding diaryl/α,β-unsaturated/α-hetero) is 1. The Labute approximate surface area is 167 Å². The Morgan fingerprint density at radius 3 is 2.68 bits per heavy atom. The van der Waals surface area contributed by atoms with Gasteiger partial charge in [0.15, 0.2) is 0 Å². The average Bonchev–Trinajstić information content (AvgIpc) is 3.05. The van der Waals surface area contributed by atoms with Crippen LogP contribution in [0.4, 0.5) is 5.82 Å². The number of carbonyl (C=O) groups excluding carboxylic acids is 2. The third kappa shape index (κ3) is 3.75. The minimum Gasteiger partial charge on any atom is -0.369 e. The lowest BCUT2D eigenvalue weighted by atomic mass is 10.0. The van der Waals surface area contributed by atoms with E-state index < -0.39 is 0 Å². The van der Waals surface area contributed by atoms with Gasteiger partial charge in [0, 0.05) is 49.3 Å². The monoisotopic (exact) mass is 394 g/mol. The van der Waals surface area contributed by atoms with Gasteiger partial charge >= 0.3 is 0 Å². The summed E-state index contributed by atoms with van der Waals surface area (Å²) in [6.45, 7) is 3.67. The van der Waals surface area contributed by atoms with E-state index in [1.165, 1.54) is 4.88 Å². The first-order valence-corrected chi connectivity index (χ1v) is 10.3. The zero-order valence-corrected chi connectivity index (χ0v) is 16.6. The number of anilines is 1. The molecule has 1 saturated heterocycles. The molecule has 144 valence electrons. The summed E-state index contributed by atoms with van der Waals surface area (Å²) >= 11 is 1.65. The predicted octanol–water partition coefficient (Wildman–Crippen LogP) is 3.66.